The predicted octanol–water partition coefficient (Wildman–Crippen LogP) is 6.40. The summed E-state index contributed by atoms with van der Waals surface area (Å²) >= 11 is 0. The van der Waals surface area contributed by atoms with Crippen LogP contribution >= 0.6 is 0 Å². The molecule has 3 aromatic carbocycles. The number of hydrogen-bond acceptors (Lipinski definition) is 21. The Labute approximate surface area is 623 Å². The SMILES string of the molecule is C.CCCc1nc(C)c2c(=O)[nH]c(-c3cc(S(=O)(=O)N(C)C(C)(C)C(=O)NC)ccc3OCC)nn12.CCCc1nc(C)c2c(=O)[nH]c(-c3cc(S(=O)(=O)N(C)C4(C(=O)N(C)C)CC4)ccc3OCC)nn12.CCCc1nc(C)c2c(=O)[nH]c(-c3cc(S(=O)(=O)NC(C)(C)C(=O)N(C)C)ccc3OCC)nn12. The van der Waals surface area contributed by atoms with Gasteiger partial charge in [0.2, 0.25) is 47.8 Å². The molecule has 0 aliphatic heterocycles. The summed E-state index contributed by atoms with van der Waals surface area (Å²) in [7, 11) is -1.72. The van der Waals surface area contributed by atoms with Gasteiger partial charge in [0, 0.05) is 68.6 Å². The predicted molar refractivity (Wildman–Crippen MR) is 405 cm³/mol. The number of imidazole rings is 3. The zero-order valence-corrected chi connectivity index (χ0v) is 66.1. The molecular weight excluding hydrogens is 1440 g/mol. The van der Waals surface area contributed by atoms with Gasteiger partial charge < -0.3 is 44.3 Å². The van der Waals surface area contributed by atoms with Crippen molar-refractivity contribution in [1.29, 1.82) is 0 Å². The Morgan fingerprint density at radius 3 is 1.18 bits per heavy atom. The van der Waals surface area contributed by atoms with E-state index >= 15 is 0 Å². The van der Waals surface area contributed by atoms with E-state index in [0.29, 0.717) is 137 Å². The number of fused-ring (bicyclic) bond motifs is 3. The molecule has 0 atom stereocenters. The van der Waals surface area contributed by atoms with Crippen LogP contribution in [0.25, 0.3) is 50.7 Å². The molecule has 1 saturated carbocycles. The van der Waals surface area contributed by atoms with Crippen molar-refractivity contribution in [2.45, 2.75) is 180 Å². The second kappa shape index (κ2) is 33.2. The number of amides is 3. The molecule has 1 aliphatic carbocycles. The molecule has 10 rings (SSSR count). The highest BCUT2D eigenvalue weighted by Crippen LogP contribution is 2.46. The van der Waals surface area contributed by atoms with Crippen LogP contribution in [0.5, 0.6) is 17.2 Å². The average molecular weight is 1540 g/mol. The average Bonchev–Trinajstić information content (AvgIpc) is 1.60. The Morgan fingerprint density at radius 1 is 0.533 bits per heavy atom. The molecule has 1 aliphatic rings. The highest BCUT2D eigenvalue weighted by molar-refractivity contribution is 7.90. The van der Waals surface area contributed by atoms with Crippen molar-refractivity contribution in [3.8, 4) is 51.4 Å². The summed E-state index contributed by atoms with van der Waals surface area (Å²) in [6, 6.07) is 13.0. The summed E-state index contributed by atoms with van der Waals surface area (Å²) in [5.74, 6) is 2.35. The van der Waals surface area contributed by atoms with E-state index in [1.807, 2.05) is 27.7 Å². The molecule has 5 N–H and O–H groups in total. The zero-order chi connectivity index (χ0) is 78.7. The van der Waals surface area contributed by atoms with Crippen molar-refractivity contribution >= 4 is 64.3 Å². The van der Waals surface area contributed by atoms with Gasteiger partial charge in [-0.25, -0.2) is 53.8 Å². The topological polar surface area (TPSA) is 407 Å². The number of H-pyrrole nitrogens is 3. The number of carbonyl (C=O) groups excluding carboxylic acids is 3. The minimum Gasteiger partial charge on any atom is -0.493 e. The smallest absolute Gasteiger partial charge is 0.277 e. The standard InChI is InChI=1S/C24H32N6O5S.2C23H32N6O5S.CH4/c1-7-9-19-25-15(3)20-22(31)26-21(27-30(19)20)17-14-16(10-11-18(17)35-8-2)36(33,34)29(6)24(12-13-24)23(32)28(4)5;1-8-10-18-24-14(3)19-21(30)25-20(26-29(18)19)16-13-15(11-12-17(16)34-9-2)35(32,33)27-23(4,5)22(31)28(6)7;1-8-10-18-25-14(3)19-21(30)26-20(27-29(18)19)16-13-15(11-12-17(16)34-9-2)35(32,33)28(7)23(4,5)22(31)24-6;/h10-11,14H,7-9,12-13H2,1-6H3,(H,26,27,31);11-13,27H,8-10H2,1-7H3,(H,25,26,30);11-13H,8-10H2,1-7H3,(H,24,31)(H,26,27,30);1H4. The highest BCUT2D eigenvalue weighted by Gasteiger charge is 2.58. The summed E-state index contributed by atoms with van der Waals surface area (Å²) in [6.07, 6.45) is 5.23. The van der Waals surface area contributed by atoms with E-state index in [4.69, 9.17) is 14.2 Å². The van der Waals surface area contributed by atoms with Gasteiger partial charge in [-0.15, -0.1) is 15.3 Å². The van der Waals surface area contributed by atoms with Crippen molar-refractivity contribution < 1.29 is 53.8 Å². The lowest BCUT2D eigenvalue weighted by Gasteiger charge is -2.32. The van der Waals surface area contributed by atoms with Gasteiger partial charge in [0.1, 0.15) is 51.3 Å². The van der Waals surface area contributed by atoms with Gasteiger partial charge in [0.05, 0.1) is 68.3 Å². The van der Waals surface area contributed by atoms with Gasteiger partial charge in [-0.3, -0.25) is 28.8 Å². The highest BCUT2D eigenvalue weighted by atomic mass is 32.2. The van der Waals surface area contributed by atoms with Crippen LogP contribution in [0, 0.1) is 20.8 Å². The Hall–Kier alpha value is -9.75. The fourth-order valence-corrected chi connectivity index (χ4v) is 16.6. The molecule has 33 nitrogen and oxygen atoms in total. The van der Waals surface area contributed by atoms with Gasteiger partial charge in [-0.05, 0) is 156 Å². The second-order valence-corrected chi connectivity index (χ2v) is 32.4. The lowest BCUT2D eigenvalue weighted by atomic mass is 10.1. The van der Waals surface area contributed by atoms with Crippen molar-refractivity contribution in [2.24, 2.45) is 0 Å². The van der Waals surface area contributed by atoms with Gasteiger partial charge >= 0.3 is 0 Å². The van der Waals surface area contributed by atoms with Crippen LogP contribution in [-0.4, -0.2) is 206 Å². The molecular formula is C71H100N18O15S3. The molecule has 0 saturated heterocycles. The molecule has 0 bridgehead atoms. The number of rotatable bonds is 27. The van der Waals surface area contributed by atoms with Crippen molar-refractivity contribution in [1.82, 2.24) is 87.2 Å². The number of nitrogens with zero attached hydrogens (tertiary/aromatic N) is 13. The number of nitrogens with one attached hydrogen (secondary N) is 5. The van der Waals surface area contributed by atoms with Crippen LogP contribution in [0.1, 0.15) is 143 Å². The second-order valence-electron chi connectivity index (χ2n) is 26.8. The first-order valence-corrected chi connectivity index (χ1v) is 39.0. The van der Waals surface area contributed by atoms with Crippen LogP contribution in [-0.2, 0) is 63.7 Å². The van der Waals surface area contributed by atoms with Crippen molar-refractivity contribution in [2.75, 3.05) is 69.2 Å². The summed E-state index contributed by atoms with van der Waals surface area (Å²) in [5.41, 5.74) is -1.35. The first-order chi connectivity index (χ1) is 49.7. The third-order valence-corrected chi connectivity index (χ3v) is 23.4. The maximum atomic E-state index is 13.6. The monoisotopic (exact) mass is 1540 g/mol. The summed E-state index contributed by atoms with van der Waals surface area (Å²) < 4.78 is 107. The third-order valence-electron chi connectivity index (χ3n) is 17.8. The fourth-order valence-electron chi connectivity index (χ4n) is 12.1. The normalized spacial score (nSPS) is 13.0. The maximum absolute atomic E-state index is 13.6. The van der Waals surface area contributed by atoms with E-state index in [9.17, 15) is 54.0 Å². The van der Waals surface area contributed by atoms with E-state index in [1.54, 1.807) is 68.9 Å². The summed E-state index contributed by atoms with van der Waals surface area (Å²) in [5, 5.41) is 16.3. The van der Waals surface area contributed by atoms with Crippen LogP contribution in [0.4, 0.5) is 0 Å². The first kappa shape index (κ1) is 84.5. The van der Waals surface area contributed by atoms with E-state index in [1.165, 1.54) is 121 Å². The number of hydrogen-bond donors (Lipinski definition) is 5. The Morgan fingerprint density at radius 2 is 0.869 bits per heavy atom. The number of sulfonamides is 3. The van der Waals surface area contributed by atoms with Gasteiger partial charge in [0.25, 0.3) is 16.7 Å². The largest absolute Gasteiger partial charge is 0.493 e. The van der Waals surface area contributed by atoms with Gasteiger partial charge in [-0.2, -0.15) is 13.3 Å². The van der Waals surface area contributed by atoms with Gasteiger partial charge in [0.15, 0.2) is 34.0 Å². The lowest BCUT2D eigenvalue weighted by molar-refractivity contribution is -0.134. The molecule has 0 radical (unpaired) electrons. The van der Waals surface area contributed by atoms with E-state index in [0.717, 1.165) is 27.9 Å². The number of aryl methyl sites for hydroxylation is 6. The minimum atomic E-state index is -4.12. The molecule has 36 heteroatoms. The van der Waals surface area contributed by atoms with Crippen LogP contribution < -0.4 is 40.9 Å². The van der Waals surface area contributed by atoms with Crippen LogP contribution in [0.3, 0.4) is 0 Å². The Balaban J connectivity index is 0.000000223. The summed E-state index contributed by atoms with van der Waals surface area (Å²) in [4.78, 5) is 101. The van der Waals surface area contributed by atoms with Crippen molar-refractivity contribution in [3.63, 3.8) is 0 Å². The molecule has 1 fully saturated rings. The molecule has 0 unspecified atom stereocenters. The number of carbonyl (C=O) groups is 3. The van der Waals surface area contributed by atoms with E-state index in [2.05, 4.69) is 55.2 Å². The Bertz CT molecular complexity index is 5380. The number of aromatic nitrogens is 12. The molecule has 3 amide bonds. The first-order valence-electron chi connectivity index (χ1n) is 34.6. The van der Waals surface area contributed by atoms with Crippen molar-refractivity contribution in [3.05, 3.63) is 120 Å². The van der Waals surface area contributed by atoms with Crippen LogP contribution in [0.2, 0.25) is 0 Å². The minimum absolute atomic E-state index is 0. The molecule has 6 heterocycles. The number of aromatic amines is 3. The van der Waals surface area contributed by atoms with E-state index in [-0.39, 0.29) is 51.1 Å². The van der Waals surface area contributed by atoms with E-state index < -0.39 is 69.6 Å². The molecule has 6 aromatic heterocycles. The van der Waals surface area contributed by atoms with Gasteiger partial charge in [-0.1, -0.05) is 28.2 Å². The zero-order valence-electron chi connectivity index (χ0n) is 63.6. The fraction of sp³-hybridized carbons (Fsp3) is 0.493. The molecule has 9 aromatic rings. The quantitative estimate of drug-likeness (QED) is 0.0371. The summed E-state index contributed by atoms with van der Waals surface area (Å²) in [6.45, 7) is 23.6. The van der Waals surface area contributed by atoms with Crippen LogP contribution in [0.15, 0.2) is 83.7 Å². The number of ether oxygens (including phenoxy) is 3. The Kier molecular flexibility index (Phi) is 26.2. The number of benzene rings is 3. The molecule has 107 heavy (non-hydrogen) atoms. The molecule has 582 valence electrons. The maximum Gasteiger partial charge on any atom is 0.277 e. The lowest BCUT2D eigenvalue weighted by Crippen LogP contribution is -2.54. The number of likely N-dealkylation sites (N-methyl/N-ethyl adjacent to an activating group) is 5. The third kappa shape index (κ3) is 17.0. The molecule has 0 spiro atoms.